The summed E-state index contributed by atoms with van der Waals surface area (Å²) in [5, 5.41) is 10.9. The van der Waals surface area contributed by atoms with Crippen LogP contribution in [0.1, 0.15) is 42.9 Å². The van der Waals surface area contributed by atoms with Crippen LogP contribution in [0.15, 0.2) is 18.2 Å². The van der Waals surface area contributed by atoms with Crippen molar-refractivity contribution in [3.05, 3.63) is 34.3 Å². The lowest BCUT2D eigenvalue weighted by Gasteiger charge is -2.33. The number of alkyl halides is 3. The molecule has 0 saturated heterocycles. The van der Waals surface area contributed by atoms with Crippen LogP contribution in [0.2, 0.25) is 5.02 Å². The van der Waals surface area contributed by atoms with Crippen molar-refractivity contribution in [1.82, 2.24) is 0 Å². The highest BCUT2D eigenvalue weighted by Gasteiger charge is 2.43. The maximum Gasteiger partial charge on any atom is 0.391 e. The van der Waals surface area contributed by atoms with Gasteiger partial charge in [0.15, 0.2) is 0 Å². The number of aliphatic hydroxyl groups is 1. The Kier molecular flexibility index (Phi) is 4.65. The third-order valence-corrected chi connectivity index (χ3v) is 4.57. The number of aliphatic hydroxyl groups excluding tert-OH is 1. The molecule has 1 fully saturated rings. The largest absolute Gasteiger partial charge is 0.391 e. The van der Waals surface area contributed by atoms with Crippen molar-refractivity contribution in [2.24, 2.45) is 11.8 Å². The molecule has 0 amide bonds. The van der Waals surface area contributed by atoms with E-state index in [1.165, 1.54) is 0 Å². The summed E-state index contributed by atoms with van der Waals surface area (Å²) < 4.78 is 38.4. The van der Waals surface area contributed by atoms with E-state index in [1.54, 1.807) is 18.2 Å². The minimum atomic E-state index is -4.16. The normalized spacial score (nSPS) is 25.5. The van der Waals surface area contributed by atoms with Crippen molar-refractivity contribution in [2.75, 3.05) is 0 Å². The van der Waals surface area contributed by atoms with Gasteiger partial charge in [-0.3, -0.25) is 0 Å². The minimum absolute atomic E-state index is 0.00381. The Morgan fingerprint density at radius 1 is 1.30 bits per heavy atom. The quantitative estimate of drug-likeness (QED) is 0.810. The van der Waals surface area contributed by atoms with Crippen molar-refractivity contribution >= 4 is 11.6 Å². The zero-order valence-electron chi connectivity index (χ0n) is 11.3. The molecule has 1 aliphatic carbocycles. The van der Waals surface area contributed by atoms with E-state index in [4.69, 9.17) is 11.6 Å². The molecule has 1 saturated carbocycles. The predicted octanol–water partition coefficient (Wildman–Crippen LogP) is 5.05. The Bertz CT molecular complexity index is 473. The molecular formula is C15H18ClF3O. The van der Waals surface area contributed by atoms with Crippen molar-refractivity contribution in [3.8, 4) is 0 Å². The van der Waals surface area contributed by atoms with Gasteiger partial charge in [0.1, 0.15) is 0 Å². The first-order valence-electron chi connectivity index (χ1n) is 6.80. The van der Waals surface area contributed by atoms with Crippen LogP contribution >= 0.6 is 11.6 Å². The van der Waals surface area contributed by atoms with Crippen LogP contribution in [-0.4, -0.2) is 11.3 Å². The molecule has 0 aromatic heterocycles. The summed E-state index contributed by atoms with van der Waals surface area (Å²) in [6, 6.07) is 5.17. The van der Waals surface area contributed by atoms with E-state index < -0.39 is 18.2 Å². The molecule has 1 N–H and O–H groups in total. The molecular weight excluding hydrogens is 289 g/mol. The number of halogens is 4. The van der Waals surface area contributed by atoms with E-state index in [9.17, 15) is 18.3 Å². The van der Waals surface area contributed by atoms with Crippen molar-refractivity contribution < 1.29 is 18.3 Å². The second-order valence-electron chi connectivity index (χ2n) is 5.62. The second-order valence-corrected chi connectivity index (χ2v) is 6.03. The monoisotopic (exact) mass is 306 g/mol. The van der Waals surface area contributed by atoms with Crippen molar-refractivity contribution in [1.29, 1.82) is 0 Å². The summed E-state index contributed by atoms with van der Waals surface area (Å²) in [7, 11) is 0. The zero-order chi connectivity index (χ0) is 14.9. The molecule has 0 spiro atoms. The third-order valence-electron chi connectivity index (χ3n) is 4.16. The fraction of sp³-hybridized carbons (Fsp3) is 0.600. The number of hydrogen-bond acceptors (Lipinski definition) is 1. The maximum absolute atomic E-state index is 12.8. The van der Waals surface area contributed by atoms with E-state index in [0.29, 0.717) is 23.4 Å². The first-order chi connectivity index (χ1) is 9.29. The van der Waals surface area contributed by atoms with Crippen LogP contribution in [0, 0.1) is 18.8 Å². The highest BCUT2D eigenvalue weighted by molar-refractivity contribution is 6.31. The average molecular weight is 307 g/mol. The summed E-state index contributed by atoms with van der Waals surface area (Å²) >= 11 is 6.01. The summed E-state index contributed by atoms with van der Waals surface area (Å²) in [5.41, 5.74) is 1.49. The molecule has 1 aliphatic rings. The van der Waals surface area contributed by atoms with Crippen LogP contribution < -0.4 is 0 Å². The van der Waals surface area contributed by atoms with Crippen LogP contribution in [-0.2, 0) is 0 Å². The van der Waals surface area contributed by atoms with Crippen molar-refractivity contribution in [3.63, 3.8) is 0 Å². The molecule has 5 heteroatoms. The fourth-order valence-electron chi connectivity index (χ4n) is 2.88. The Morgan fingerprint density at radius 3 is 2.60 bits per heavy atom. The molecule has 20 heavy (non-hydrogen) atoms. The van der Waals surface area contributed by atoms with Gasteiger partial charge in [0, 0.05) is 5.02 Å². The maximum atomic E-state index is 12.8. The number of aryl methyl sites for hydroxylation is 1. The lowest BCUT2D eigenvalue weighted by atomic mass is 9.77. The van der Waals surface area contributed by atoms with Gasteiger partial charge in [0.25, 0.3) is 0 Å². The van der Waals surface area contributed by atoms with Gasteiger partial charge in [-0.1, -0.05) is 30.2 Å². The van der Waals surface area contributed by atoms with E-state index >= 15 is 0 Å². The molecule has 3 atom stereocenters. The number of hydrogen-bond donors (Lipinski definition) is 1. The molecule has 112 valence electrons. The molecule has 2 rings (SSSR count). The molecule has 1 aromatic rings. The Balaban J connectivity index is 2.12. The van der Waals surface area contributed by atoms with Crippen LogP contribution in [0.25, 0.3) is 0 Å². The van der Waals surface area contributed by atoms with Gasteiger partial charge >= 0.3 is 6.18 Å². The second kappa shape index (κ2) is 5.94. The van der Waals surface area contributed by atoms with E-state index in [2.05, 4.69) is 0 Å². The summed E-state index contributed by atoms with van der Waals surface area (Å²) in [4.78, 5) is 0. The van der Waals surface area contributed by atoms with Crippen molar-refractivity contribution in [2.45, 2.75) is 44.9 Å². The Morgan fingerprint density at radius 2 is 2.00 bits per heavy atom. The van der Waals surface area contributed by atoms with Gasteiger partial charge in [-0.15, -0.1) is 0 Å². The minimum Gasteiger partial charge on any atom is -0.388 e. The fourth-order valence-corrected chi connectivity index (χ4v) is 3.07. The van der Waals surface area contributed by atoms with Gasteiger partial charge in [-0.05, 0) is 49.3 Å². The highest BCUT2D eigenvalue weighted by Crippen LogP contribution is 2.44. The lowest BCUT2D eigenvalue weighted by molar-refractivity contribution is -0.189. The van der Waals surface area contributed by atoms with Gasteiger partial charge in [0.2, 0.25) is 0 Å². The van der Waals surface area contributed by atoms with Gasteiger partial charge in [-0.2, -0.15) is 13.2 Å². The topological polar surface area (TPSA) is 20.2 Å². The molecule has 0 aliphatic heterocycles. The summed E-state index contributed by atoms with van der Waals surface area (Å²) in [6.45, 7) is 1.85. The van der Waals surface area contributed by atoms with Gasteiger partial charge < -0.3 is 5.11 Å². The SMILES string of the molecule is Cc1ccc(C(O)C2CCCC(C(F)(F)F)C2)cc1Cl. The third kappa shape index (κ3) is 3.47. The van der Waals surface area contributed by atoms with E-state index in [1.807, 2.05) is 6.92 Å². The number of benzene rings is 1. The molecule has 0 heterocycles. The summed E-state index contributed by atoms with van der Waals surface area (Å²) in [6.07, 6.45) is -3.75. The zero-order valence-corrected chi connectivity index (χ0v) is 12.0. The molecule has 0 radical (unpaired) electrons. The molecule has 0 bridgehead atoms. The molecule has 1 aromatic carbocycles. The number of rotatable bonds is 2. The van der Waals surface area contributed by atoms with Gasteiger partial charge in [0.05, 0.1) is 12.0 Å². The lowest BCUT2D eigenvalue weighted by Crippen LogP contribution is -2.31. The Hall–Kier alpha value is -0.740. The first kappa shape index (κ1) is 15.6. The van der Waals surface area contributed by atoms with Crippen LogP contribution in [0.4, 0.5) is 13.2 Å². The van der Waals surface area contributed by atoms with Crippen LogP contribution in [0.5, 0.6) is 0 Å². The highest BCUT2D eigenvalue weighted by atomic mass is 35.5. The average Bonchev–Trinajstić information content (AvgIpc) is 2.40. The molecule has 1 nitrogen and oxygen atoms in total. The van der Waals surface area contributed by atoms with E-state index in [0.717, 1.165) is 5.56 Å². The first-order valence-corrected chi connectivity index (χ1v) is 7.17. The standard InChI is InChI=1S/C15H18ClF3O/c1-9-5-6-11(8-13(9)16)14(20)10-3-2-4-12(7-10)15(17,18)19/h5-6,8,10,12,14,20H,2-4,7H2,1H3. The Labute approximate surface area is 121 Å². The van der Waals surface area contributed by atoms with Crippen LogP contribution in [0.3, 0.4) is 0 Å². The predicted molar refractivity (Wildman–Crippen MR) is 72.7 cm³/mol. The molecule has 3 unspecified atom stereocenters. The smallest absolute Gasteiger partial charge is 0.388 e. The van der Waals surface area contributed by atoms with E-state index in [-0.39, 0.29) is 18.8 Å². The van der Waals surface area contributed by atoms with Gasteiger partial charge in [-0.25, -0.2) is 0 Å². The summed E-state index contributed by atoms with van der Waals surface area (Å²) in [5.74, 6) is -1.65.